The summed E-state index contributed by atoms with van der Waals surface area (Å²) in [6.07, 6.45) is 9.47. The summed E-state index contributed by atoms with van der Waals surface area (Å²) in [4.78, 5) is 0. The average molecular weight is 459 g/mol. The maximum Gasteiger partial charge on any atom is 0.0763 e. The van der Waals surface area contributed by atoms with Crippen LogP contribution in [0.25, 0.3) is 0 Å². The zero-order valence-corrected chi connectivity index (χ0v) is 22.5. The van der Waals surface area contributed by atoms with Crippen molar-refractivity contribution >= 4 is 0 Å². The lowest BCUT2D eigenvalue weighted by Crippen LogP contribution is -2.70. The molecule has 0 aromatic carbocycles. The second-order valence-corrected chi connectivity index (χ2v) is 15.5. The summed E-state index contributed by atoms with van der Waals surface area (Å²) < 4.78 is 0. The van der Waals surface area contributed by atoms with E-state index in [0.29, 0.717) is 23.2 Å². The number of aliphatic hydroxyl groups excluding tert-OH is 3. The van der Waals surface area contributed by atoms with Gasteiger partial charge in [-0.15, -0.1) is 0 Å². The molecule has 0 saturated heterocycles. The Bertz CT molecular complexity index is 859. The quantitative estimate of drug-likeness (QED) is 0.384. The van der Waals surface area contributed by atoms with E-state index in [1.54, 1.807) is 5.57 Å². The van der Waals surface area contributed by atoms with Crippen LogP contribution in [0.5, 0.6) is 0 Å². The number of rotatable bonds is 0. The van der Waals surface area contributed by atoms with Crippen LogP contribution in [-0.4, -0.2) is 33.6 Å². The summed E-state index contributed by atoms with van der Waals surface area (Å²) in [7, 11) is 0. The van der Waals surface area contributed by atoms with Gasteiger partial charge in [-0.2, -0.15) is 0 Å². The van der Waals surface area contributed by atoms with E-state index < -0.39 is 23.7 Å². The maximum atomic E-state index is 11.9. The summed E-state index contributed by atoms with van der Waals surface area (Å²) in [5, 5.41) is 34.4. The van der Waals surface area contributed by atoms with Gasteiger partial charge in [-0.25, -0.2) is 0 Å². The van der Waals surface area contributed by atoms with Crippen LogP contribution in [0, 0.1) is 50.2 Å². The van der Waals surface area contributed by atoms with Crippen molar-refractivity contribution in [3.8, 4) is 0 Å². The van der Waals surface area contributed by atoms with Gasteiger partial charge < -0.3 is 15.3 Å². The Kier molecular flexibility index (Phi) is 5.07. The Morgan fingerprint density at radius 1 is 0.788 bits per heavy atom. The fourth-order valence-electron chi connectivity index (χ4n) is 10.5. The fraction of sp³-hybridized carbons (Fsp3) is 0.933. The number of fused-ring (bicyclic) bond motifs is 7. The number of hydrogen-bond acceptors (Lipinski definition) is 3. The zero-order chi connectivity index (χ0) is 24.4. The van der Waals surface area contributed by atoms with Gasteiger partial charge in [0.1, 0.15) is 0 Å². The normalized spacial score (nSPS) is 57.1. The average Bonchev–Trinajstić information content (AvgIpc) is 2.69. The molecule has 0 radical (unpaired) electrons. The van der Waals surface area contributed by atoms with Crippen LogP contribution in [0.4, 0.5) is 0 Å². The van der Waals surface area contributed by atoms with E-state index >= 15 is 0 Å². The molecule has 3 N–H and O–H groups in total. The molecular weight excluding hydrogens is 408 g/mol. The van der Waals surface area contributed by atoms with E-state index in [2.05, 4.69) is 61.5 Å². The smallest absolute Gasteiger partial charge is 0.0763 e. The van der Waals surface area contributed by atoms with Crippen molar-refractivity contribution in [1.29, 1.82) is 0 Å². The Hall–Kier alpha value is -0.380. The van der Waals surface area contributed by atoms with Crippen LogP contribution in [0.1, 0.15) is 107 Å². The second-order valence-electron chi connectivity index (χ2n) is 15.5. The minimum absolute atomic E-state index is 0.0141. The lowest BCUT2D eigenvalue weighted by molar-refractivity contribution is -0.260. The Morgan fingerprint density at radius 3 is 2.09 bits per heavy atom. The molecule has 0 aromatic heterocycles. The molecule has 3 nitrogen and oxygen atoms in total. The molecule has 4 fully saturated rings. The van der Waals surface area contributed by atoms with Crippen LogP contribution in [-0.2, 0) is 0 Å². The first-order chi connectivity index (χ1) is 15.0. The van der Waals surface area contributed by atoms with Gasteiger partial charge in [0, 0.05) is 17.8 Å². The van der Waals surface area contributed by atoms with Gasteiger partial charge in [0.25, 0.3) is 0 Å². The molecule has 5 aliphatic carbocycles. The lowest BCUT2D eigenvalue weighted by Gasteiger charge is -2.72. The van der Waals surface area contributed by atoms with Crippen LogP contribution in [0.2, 0.25) is 0 Å². The van der Waals surface area contributed by atoms with Crippen molar-refractivity contribution in [2.45, 2.75) is 125 Å². The molecule has 3 heteroatoms. The van der Waals surface area contributed by atoms with Gasteiger partial charge >= 0.3 is 0 Å². The Labute approximate surface area is 202 Å². The van der Waals surface area contributed by atoms with Crippen molar-refractivity contribution < 1.29 is 15.3 Å². The second kappa shape index (κ2) is 6.88. The summed E-state index contributed by atoms with van der Waals surface area (Å²) in [5.74, 6) is 0.769. The molecule has 0 aliphatic heterocycles. The van der Waals surface area contributed by atoms with E-state index in [1.807, 2.05) is 0 Å². The molecule has 0 spiro atoms. The van der Waals surface area contributed by atoms with Crippen molar-refractivity contribution in [2.75, 3.05) is 0 Å². The summed E-state index contributed by atoms with van der Waals surface area (Å²) >= 11 is 0. The minimum atomic E-state index is -0.578. The van der Waals surface area contributed by atoms with Crippen molar-refractivity contribution in [1.82, 2.24) is 0 Å². The highest BCUT2D eigenvalue weighted by Gasteiger charge is 2.71. The van der Waals surface area contributed by atoms with Crippen molar-refractivity contribution in [3.63, 3.8) is 0 Å². The first-order valence-corrected chi connectivity index (χ1v) is 13.8. The Balaban J connectivity index is 1.64. The standard InChI is InChI=1S/C30H50O3/c1-25(2)11-12-27(5)13-14-28(6)18(19(27)17-25)15-20(31)24-29(28,7)10-9-21-26(3,4)22(32)16-23(33)30(21,24)8/h15,19-24,31-33H,9-14,16-17H2,1-8H3/t19-,20+,21-,22-,23+,24-,27+,28+,29+,30+/m0/s1. The van der Waals surface area contributed by atoms with Crippen LogP contribution in [0.15, 0.2) is 11.6 Å². The van der Waals surface area contributed by atoms with E-state index in [9.17, 15) is 15.3 Å². The topological polar surface area (TPSA) is 60.7 Å². The summed E-state index contributed by atoms with van der Waals surface area (Å²) in [6, 6.07) is 0. The van der Waals surface area contributed by atoms with Crippen molar-refractivity contribution in [3.05, 3.63) is 11.6 Å². The highest BCUT2D eigenvalue weighted by atomic mass is 16.3. The van der Waals surface area contributed by atoms with E-state index in [-0.39, 0.29) is 28.1 Å². The SMILES string of the molecule is CC1(C)CC[C@]2(C)CC[C@]3(C)C(=C[C@@H](O)[C@@H]4[C@@]5(C)[C@H](O)C[C@H](O)C(C)(C)[C@@H]5CC[C@]43C)[C@@H]2C1. The van der Waals surface area contributed by atoms with Gasteiger partial charge in [0.05, 0.1) is 18.3 Å². The lowest BCUT2D eigenvalue weighted by atomic mass is 9.33. The molecule has 0 aromatic rings. The van der Waals surface area contributed by atoms with Crippen molar-refractivity contribution in [2.24, 2.45) is 50.2 Å². The first kappa shape index (κ1) is 24.3. The maximum absolute atomic E-state index is 11.9. The third-order valence-corrected chi connectivity index (χ3v) is 13.1. The molecule has 0 heterocycles. The first-order valence-electron chi connectivity index (χ1n) is 13.8. The van der Waals surface area contributed by atoms with E-state index in [0.717, 1.165) is 12.8 Å². The predicted octanol–water partition coefficient (Wildman–Crippen LogP) is 6.11. The van der Waals surface area contributed by atoms with Gasteiger partial charge in [-0.1, -0.05) is 67.0 Å². The highest BCUT2D eigenvalue weighted by Crippen LogP contribution is 2.75. The number of aliphatic hydroxyl groups is 3. The Morgan fingerprint density at radius 2 is 1.42 bits per heavy atom. The predicted molar refractivity (Wildman–Crippen MR) is 133 cm³/mol. The van der Waals surface area contributed by atoms with E-state index in [1.165, 1.54) is 32.1 Å². The fourth-order valence-corrected chi connectivity index (χ4v) is 10.5. The molecule has 188 valence electrons. The molecule has 33 heavy (non-hydrogen) atoms. The van der Waals surface area contributed by atoms with Gasteiger partial charge in [-0.05, 0) is 83.9 Å². The van der Waals surface area contributed by atoms with Crippen LogP contribution < -0.4 is 0 Å². The van der Waals surface area contributed by atoms with E-state index in [4.69, 9.17) is 0 Å². The van der Waals surface area contributed by atoms with Gasteiger partial charge in [-0.3, -0.25) is 0 Å². The molecule has 4 saturated carbocycles. The largest absolute Gasteiger partial charge is 0.392 e. The number of hydrogen-bond donors (Lipinski definition) is 3. The molecule has 5 aliphatic rings. The molecule has 0 unspecified atom stereocenters. The van der Waals surface area contributed by atoms with Crippen LogP contribution in [0.3, 0.4) is 0 Å². The third kappa shape index (κ3) is 2.91. The monoisotopic (exact) mass is 458 g/mol. The summed E-state index contributed by atoms with van der Waals surface area (Å²) in [6.45, 7) is 19.0. The van der Waals surface area contributed by atoms with Gasteiger partial charge in [0.2, 0.25) is 0 Å². The molecule has 0 amide bonds. The van der Waals surface area contributed by atoms with Gasteiger partial charge in [0.15, 0.2) is 0 Å². The zero-order valence-electron chi connectivity index (χ0n) is 22.5. The molecule has 10 atom stereocenters. The highest BCUT2D eigenvalue weighted by molar-refractivity contribution is 5.35. The molecule has 0 bridgehead atoms. The molecular formula is C30H50O3. The minimum Gasteiger partial charge on any atom is -0.392 e. The van der Waals surface area contributed by atoms with Crippen LogP contribution >= 0.6 is 0 Å². The molecule has 5 rings (SSSR count). The number of allylic oxidation sites excluding steroid dienone is 1. The summed E-state index contributed by atoms with van der Waals surface area (Å²) in [5.41, 5.74) is 1.61. The third-order valence-electron chi connectivity index (χ3n) is 13.1.